The Kier molecular flexibility index (Phi) is 7.40. The van der Waals surface area contributed by atoms with E-state index in [1.54, 1.807) is 0 Å². The predicted octanol–water partition coefficient (Wildman–Crippen LogP) is 8.83. The van der Waals surface area contributed by atoms with E-state index in [1.165, 1.54) is 63.4 Å². The molecule has 0 aromatic heterocycles. The Balaban J connectivity index is 1.97. The third-order valence-electron chi connectivity index (χ3n) is 9.23. The van der Waals surface area contributed by atoms with Crippen LogP contribution in [0.5, 0.6) is 0 Å². The van der Waals surface area contributed by atoms with Crippen molar-refractivity contribution in [3.05, 3.63) is 12.2 Å². The molecule has 0 amide bonds. The van der Waals surface area contributed by atoms with Gasteiger partial charge < -0.3 is 0 Å². The van der Waals surface area contributed by atoms with Crippen molar-refractivity contribution in [2.24, 2.45) is 34.0 Å². The molecule has 2 aliphatic carbocycles. The van der Waals surface area contributed by atoms with Crippen molar-refractivity contribution in [2.45, 2.75) is 110 Å². The van der Waals surface area contributed by atoms with Crippen molar-refractivity contribution in [2.75, 3.05) is 0 Å². The maximum atomic E-state index is 4.28. The van der Waals surface area contributed by atoms with Gasteiger partial charge in [0.1, 0.15) is 0 Å². The maximum absolute atomic E-state index is 4.28. The quantitative estimate of drug-likeness (QED) is 0.179. The molecule has 2 saturated carbocycles. The largest absolute Gasteiger partial charge is 0.0991 e. The van der Waals surface area contributed by atoms with Gasteiger partial charge in [-0.15, -0.1) is 0 Å². The smallest absolute Gasteiger partial charge is 0.0370 e. The van der Waals surface area contributed by atoms with Gasteiger partial charge in [-0.2, -0.15) is 0 Å². The van der Waals surface area contributed by atoms with E-state index < -0.39 is 0 Å². The first-order valence-corrected chi connectivity index (χ1v) is 12.5. The highest BCUT2D eigenvalue weighted by molar-refractivity contribution is 14.1. The van der Waals surface area contributed by atoms with Crippen LogP contribution in [0.3, 0.4) is 0 Å². The third kappa shape index (κ3) is 4.08. The van der Waals surface area contributed by atoms with Gasteiger partial charge in [-0.3, -0.25) is 0 Å². The van der Waals surface area contributed by atoms with Crippen LogP contribution < -0.4 is 0 Å². The Hall–Kier alpha value is 0.470. The Labute approximate surface area is 178 Å². The number of hydrogen-bond acceptors (Lipinski definition) is 0. The molecule has 2 rings (SSSR count). The van der Waals surface area contributed by atoms with Crippen LogP contribution in [-0.2, 0) is 0 Å². The summed E-state index contributed by atoms with van der Waals surface area (Å²) < 4.78 is 0.562. The number of alkyl halides is 1. The van der Waals surface area contributed by atoms with Gasteiger partial charge >= 0.3 is 0 Å². The number of halogens is 1. The van der Waals surface area contributed by atoms with E-state index in [-0.39, 0.29) is 0 Å². The van der Waals surface area contributed by atoms with Crippen molar-refractivity contribution in [3.63, 3.8) is 0 Å². The zero-order chi connectivity index (χ0) is 19.8. The molecule has 0 aromatic carbocycles. The summed E-state index contributed by atoms with van der Waals surface area (Å²) in [7, 11) is 0. The van der Waals surface area contributed by atoms with Gasteiger partial charge in [0, 0.05) is 3.92 Å². The van der Waals surface area contributed by atoms with E-state index >= 15 is 0 Å². The Morgan fingerprint density at radius 1 is 1.23 bits per heavy atom. The monoisotopic (exact) mass is 472 g/mol. The van der Waals surface area contributed by atoms with E-state index in [9.17, 15) is 0 Å². The second kappa shape index (κ2) is 8.46. The summed E-state index contributed by atoms with van der Waals surface area (Å²) in [6, 6.07) is 0. The zero-order valence-electron chi connectivity index (χ0n) is 18.8. The lowest BCUT2D eigenvalue weighted by Crippen LogP contribution is -2.58. The molecule has 26 heavy (non-hydrogen) atoms. The molecule has 5 unspecified atom stereocenters. The highest BCUT2D eigenvalue weighted by Crippen LogP contribution is 2.69. The second-order valence-corrected chi connectivity index (χ2v) is 12.3. The van der Waals surface area contributed by atoms with Crippen LogP contribution in [0.4, 0.5) is 0 Å². The molecule has 1 heteroatoms. The summed E-state index contributed by atoms with van der Waals surface area (Å²) >= 11 is 2.66. The van der Waals surface area contributed by atoms with Crippen LogP contribution in [-0.4, -0.2) is 3.92 Å². The standard InChI is InChI=1S/C25H45I/c1-9-10-20-11-12-21(17-20)19(4)13-14-24(7)15-16-25(24,8)23(5,6)22(26)18(2)3/h19-22H,2,9-17H2,1,3-8H3/t19?,20?,21?,22-,24?,25?/m0/s1. The summed E-state index contributed by atoms with van der Waals surface area (Å²) in [4.78, 5) is 0. The van der Waals surface area contributed by atoms with Crippen LogP contribution >= 0.6 is 22.6 Å². The Morgan fingerprint density at radius 2 is 1.88 bits per heavy atom. The first kappa shape index (κ1) is 22.8. The fourth-order valence-electron chi connectivity index (χ4n) is 6.41. The molecule has 0 radical (unpaired) electrons. The summed E-state index contributed by atoms with van der Waals surface area (Å²) in [6.45, 7) is 21.6. The first-order valence-electron chi connectivity index (χ1n) is 11.3. The lowest BCUT2D eigenvalue weighted by Gasteiger charge is -2.65. The Morgan fingerprint density at radius 3 is 2.38 bits per heavy atom. The molecule has 6 atom stereocenters. The van der Waals surface area contributed by atoms with Gasteiger partial charge in [0.2, 0.25) is 0 Å². The first-order chi connectivity index (χ1) is 12.0. The molecule has 0 saturated heterocycles. The number of allylic oxidation sites excluding steroid dienone is 1. The summed E-state index contributed by atoms with van der Waals surface area (Å²) in [5, 5.41) is 0. The molecular formula is C25H45I. The fourth-order valence-corrected chi connectivity index (χ4v) is 7.09. The lowest BCUT2D eigenvalue weighted by atomic mass is 9.40. The average molecular weight is 473 g/mol. The van der Waals surface area contributed by atoms with Crippen LogP contribution in [0.15, 0.2) is 12.2 Å². The highest BCUT2D eigenvalue weighted by Gasteiger charge is 2.61. The van der Waals surface area contributed by atoms with E-state index in [2.05, 4.69) is 77.6 Å². The molecule has 2 aliphatic rings. The fraction of sp³-hybridized carbons (Fsp3) is 0.920. The van der Waals surface area contributed by atoms with Gasteiger partial charge in [-0.05, 0) is 79.4 Å². The topological polar surface area (TPSA) is 0 Å². The number of hydrogen-bond donors (Lipinski definition) is 0. The van der Waals surface area contributed by atoms with Crippen LogP contribution in [0.25, 0.3) is 0 Å². The van der Waals surface area contributed by atoms with E-state index in [0.29, 0.717) is 20.2 Å². The van der Waals surface area contributed by atoms with Crippen LogP contribution in [0, 0.1) is 34.0 Å². The molecule has 0 heterocycles. The van der Waals surface area contributed by atoms with Gasteiger partial charge in [0.25, 0.3) is 0 Å². The summed E-state index contributed by atoms with van der Waals surface area (Å²) in [6.07, 6.45) is 13.0. The average Bonchev–Trinajstić information content (AvgIpc) is 3.05. The van der Waals surface area contributed by atoms with Crippen molar-refractivity contribution in [3.8, 4) is 0 Å². The molecule has 0 aromatic rings. The van der Waals surface area contributed by atoms with Crippen molar-refractivity contribution in [1.29, 1.82) is 0 Å². The SMILES string of the molecule is C=C(C)[C@H](I)C(C)(C)C1(C)CCC1(C)CCC(C)C1CCC(CCC)C1. The highest BCUT2D eigenvalue weighted by atomic mass is 127. The lowest BCUT2D eigenvalue weighted by molar-refractivity contribution is -0.142. The summed E-state index contributed by atoms with van der Waals surface area (Å²) in [5.41, 5.74) is 2.60. The molecule has 152 valence electrons. The van der Waals surface area contributed by atoms with E-state index in [1.807, 2.05) is 0 Å². The zero-order valence-corrected chi connectivity index (χ0v) is 20.9. The molecule has 0 aliphatic heterocycles. The van der Waals surface area contributed by atoms with Crippen LogP contribution in [0.1, 0.15) is 106 Å². The normalized spacial score (nSPS) is 37.2. The molecule has 2 fully saturated rings. The minimum Gasteiger partial charge on any atom is -0.0991 e. The van der Waals surface area contributed by atoms with E-state index in [0.717, 1.165) is 17.8 Å². The van der Waals surface area contributed by atoms with Crippen molar-refractivity contribution >= 4 is 22.6 Å². The van der Waals surface area contributed by atoms with E-state index in [4.69, 9.17) is 0 Å². The minimum absolute atomic E-state index is 0.315. The van der Waals surface area contributed by atoms with Gasteiger partial charge in [0.15, 0.2) is 0 Å². The van der Waals surface area contributed by atoms with Gasteiger partial charge in [-0.1, -0.05) is 95.5 Å². The second-order valence-electron chi connectivity index (χ2n) is 11.1. The van der Waals surface area contributed by atoms with Gasteiger partial charge in [-0.25, -0.2) is 0 Å². The predicted molar refractivity (Wildman–Crippen MR) is 126 cm³/mol. The van der Waals surface area contributed by atoms with Crippen molar-refractivity contribution in [1.82, 2.24) is 0 Å². The van der Waals surface area contributed by atoms with Gasteiger partial charge in [0.05, 0.1) is 0 Å². The molecule has 0 N–H and O–H groups in total. The minimum atomic E-state index is 0.315. The molecule has 0 nitrogen and oxygen atoms in total. The Bertz CT molecular complexity index is 492. The molecular weight excluding hydrogens is 427 g/mol. The number of rotatable bonds is 9. The summed E-state index contributed by atoms with van der Waals surface area (Å²) in [5.74, 6) is 2.95. The molecule has 0 spiro atoms. The molecule has 0 bridgehead atoms. The third-order valence-corrected chi connectivity index (χ3v) is 11.9. The van der Waals surface area contributed by atoms with Crippen LogP contribution in [0.2, 0.25) is 0 Å². The maximum Gasteiger partial charge on any atom is 0.0370 e. The van der Waals surface area contributed by atoms with Crippen molar-refractivity contribution < 1.29 is 0 Å².